The second-order valence-corrected chi connectivity index (χ2v) is 4.13. The lowest BCUT2D eigenvalue weighted by atomic mass is 10.1. The topological polar surface area (TPSA) is 38.9 Å². The third-order valence-corrected chi connectivity index (χ3v) is 2.94. The molecule has 7 heteroatoms. The van der Waals surface area contributed by atoms with E-state index in [0.717, 1.165) is 23.5 Å². The Hall–Kier alpha value is -1.63. The van der Waals surface area contributed by atoms with Crippen LogP contribution in [0.25, 0.3) is 10.6 Å². The second kappa shape index (κ2) is 3.99. The summed E-state index contributed by atoms with van der Waals surface area (Å²) in [5, 5.41) is 1.57. The Morgan fingerprint density at radius 3 is 2.47 bits per heavy atom. The summed E-state index contributed by atoms with van der Waals surface area (Å²) in [4.78, 5) is 3.75. The zero-order valence-corrected chi connectivity index (χ0v) is 9.07. The van der Waals surface area contributed by atoms with Gasteiger partial charge in [0.05, 0.1) is 5.56 Å². The van der Waals surface area contributed by atoms with Crippen LogP contribution in [0.4, 0.5) is 23.4 Å². The fourth-order valence-corrected chi connectivity index (χ4v) is 2.00. The Balaban J connectivity index is 2.54. The van der Waals surface area contributed by atoms with Crippen molar-refractivity contribution in [3.05, 3.63) is 35.0 Å². The molecule has 0 atom stereocenters. The van der Waals surface area contributed by atoms with E-state index in [1.54, 1.807) is 0 Å². The monoisotopic (exact) mass is 262 g/mol. The van der Waals surface area contributed by atoms with Crippen molar-refractivity contribution in [2.24, 2.45) is 0 Å². The minimum absolute atomic E-state index is 0.131. The first kappa shape index (κ1) is 11.8. The number of alkyl halides is 3. The van der Waals surface area contributed by atoms with Gasteiger partial charge in [0.2, 0.25) is 0 Å². The quantitative estimate of drug-likeness (QED) is 0.798. The molecule has 1 aromatic heterocycles. The fraction of sp³-hybridized carbons (Fsp3) is 0.100. The molecular weight excluding hydrogens is 256 g/mol. The largest absolute Gasteiger partial charge is 0.416 e. The number of nitrogens with zero attached hydrogens (tertiary/aromatic N) is 1. The minimum atomic E-state index is -4.51. The van der Waals surface area contributed by atoms with Gasteiger partial charge >= 0.3 is 6.18 Å². The number of aromatic nitrogens is 1. The Morgan fingerprint density at radius 2 is 1.94 bits per heavy atom. The molecule has 2 aromatic rings. The number of nitrogens with two attached hydrogens (primary N) is 1. The summed E-state index contributed by atoms with van der Waals surface area (Å²) in [5.74, 6) is -0.603. The summed E-state index contributed by atoms with van der Waals surface area (Å²) in [7, 11) is 0. The van der Waals surface area contributed by atoms with Gasteiger partial charge < -0.3 is 5.73 Å². The highest BCUT2D eigenvalue weighted by Gasteiger charge is 2.31. The first-order chi connectivity index (χ1) is 7.88. The summed E-state index contributed by atoms with van der Waals surface area (Å²) in [6.45, 7) is 0. The van der Waals surface area contributed by atoms with Gasteiger partial charge in [-0.05, 0) is 18.2 Å². The van der Waals surface area contributed by atoms with Gasteiger partial charge in [-0.3, -0.25) is 0 Å². The van der Waals surface area contributed by atoms with Crippen molar-refractivity contribution in [2.45, 2.75) is 6.18 Å². The number of nitrogen functional groups attached to an aromatic ring is 1. The fourth-order valence-electron chi connectivity index (χ4n) is 1.28. The van der Waals surface area contributed by atoms with Crippen molar-refractivity contribution in [1.29, 1.82) is 0 Å². The van der Waals surface area contributed by atoms with E-state index < -0.39 is 17.6 Å². The molecule has 0 aliphatic heterocycles. The second-order valence-electron chi connectivity index (χ2n) is 3.27. The smallest absolute Gasteiger partial charge is 0.383 e. The van der Waals surface area contributed by atoms with Crippen LogP contribution in [0.15, 0.2) is 23.6 Å². The SMILES string of the molecule is Nc1csc(-c2cc(C(F)(F)F)ccc2F)n1. The van der Waals surface area contributed by atoms with E-state index in [2.05, 4.69) is 4.98 Å². The average Bonchev–Trinajstić information content (AvgIpc) is 2.63. The van der Waals surface area contributed by atoms with Crippen molar-refractivity contribution in [3.8, 4) is 10.6 Å². The lowest BCUT2D eigenvalue weighted by Gasteiger charge is -2.08. The Labute approximate surface area is 97.7 Å². The molecule has 0 saturated carbocycles. The summed E-state index contributed by atoms with van der Waals surface area (Å²) in [6.07, 6.45) is -4.51. The number of rotatable bonds is 1. The predicted molar refractivity (Wildman–Crippen MR) is 56.9 cm³/mol. The summed E-state index contributed by atoms with van der Waals surface area (Å²) < 4.78 is 50.8. The molecule has 0 unspecified atom stereocenters. The molecular formula is C10H6F4N2S. The van der Waals surface area contributed by atoms with Crippen LogP contribution < -0.4 is 5.73 Å². The number of hydrogen-bond donors (Lipinski definition) is 1. The first-order valence-corrected chi connectivity index (χ1v) is 5.34. The third kappa shape index (κ3) is 2.38. The van der Waals surface area contributed by atoms with Crippen LogP contribution in [0, 0.1) is 5.82 Å². The highest BCUT2D eigenvalue weighted by atomic mass is 32.1. The van der Waals surface area contributed by atoms with Crippen LogP contribution in [0.2, 0.25) is 0 Å². The predicted octanol–water partition coefficient (Wildman–Crippen LogP) is 3.55. The highest BCUT2D eigenvalue weighted by molar-refractivity contribution is 7.13. The molecule has 0 bridgehead atoms. The molecule has 2 rings (SSSR count). The molecule has 0 fully saturated rings. The van der Waals surface area contributed by atoms with Gasteiger partial charge in [0.1, 0.15) is 16.6 Å². The molecule has 0 spiro atoms. The van der Waals surface area contributed by atoms with Gasteiger partial charge in [0, 0.05) is 10.9 Å². The van der Waals surface area contributed by atoms with Crippen LogP contribution in [0.1, 0.15) is 5.56 Å². The van der Waals surface area contributed by atoms with E-state index in [9.17, 15) is 17.6 Å². The van der Waals surface area contributed by atoms with E-state index in [4.69, 9.17) is 5.73 Å². The molecule has 2 N–H and O–H groups in total. The van der Waals surface area contributed by atoms with E-state index >= 15 is 0 Å². The first-order valence-electron chi connectivity index (χ1n) is 4.46. The molecule has 90 valence electrons. The van der Waals surface area contributed by atoms with Crippen LogP contribution >= 0.6 is 11.3 Å². The van der Waals surface area contributed by atoms with Crippen LogP contribution in [0.5, 0.6) is 0 Å². The van der Waals surface area contributed by atoms with Gasteiger partial charge in [0.25, 0.3) is 0 Å². The van der Waals surface area contributed by atoms with Gasteiger partial charge in [-0.1, -0.05) is 0 Å². The van der Waals surface area contributed by atoms with Crippen LogP contribution in [-0.4, -0.2) is 4.98 Å². The zero-order valence-electron chi connectivity index (χ0n) is 8.25. The maximum absolute atomic E-state index is 13.4. The summed E-state index contributed by atoms with van der Waals surface area (Å²) in [5.41, 5.74) is 4.24. The van der Waals surface area contributed by atoms with Gasteiger partial charge in [-0.25, -0.2) is 9.37 Å². The number of benzene rings is 1. The van der Waals surface area contributed by atoms with Crippen molar-refractivity contribution in [2.75, 3.05) is 5.73 Å². The summed E-state index contributed by atoms with van der Waals surface area (Å²) in [6, 6.07) is 2.19. The van der Waals surface area contributed by atoms with Crippen LogP contribution in [0.3, 0.4) is 0 Å². The van der Waals surface area contributed by atoms with Crippen molar-refractivity contribution in [1.82, 2.24) is 4.98 Å². The third-order valence-electron chi connectivity index (χ3n) is 2.05. The van der Waals surface area contributed by atoms with Gasteiger partial charge in [-0.2, -0.15) is 13.2 Å². The molecule has 0 aliphatic carbocycles. The van der Waals surface area contributed by atoms with Crippen molar-refractivity contribution < 1.29 is 17.6 Å². The van der Waals surface area contributed by atoms with Crippen LogP contribution in [-0.2, 0) is 6.18 Å². The number of hydrogen-bond acceptors (Lipinski definition) is 3. The van der Waals surface area contributed by atoms with Gasteiger partial charge in [-0.15, -0.1) is 11.3 Å². The number of thiazole rings is 1. The zero-order chi connectivity index (χ0) is 12.6. The Bertz CT molecular complexity index is 547. The maximum Gasteiger partial charge on any atom is 0.416 e. The minimum Gasteiger partial charge on any atom is -0.383 e. The lowest BCUT2D eigenvalue weighted by molar-refractivity contribution is -0.137. The summed E-state index contributed by atoms with van der Waals surface area (Å²) >= 11 is 0.993. The molecule has 0 aliphatic rings. The average molecular weight is 262 g/mol. The Morgan fingerprint density at radius 1 is 1.24 bits per heavy atom. The van der Waals surface area contributed by atoms with E-state index in [-0.39, 0.29) is 16.4 Å². The molecule has 0 amide bonds. The molecule has 1 aromatic carbocycles. The maximum atomic E-state index is 13.4. The number of anilines is 1. The van der Waals surface area contributed by atoms with Gasteiger partial charge in [0.15, 0.2) is 0 Å². The van der Waals surface area contributed by atoms with Crippen molar-refractivity contribution >= 4 is 17.2 Å². The Kier molecular flexibility index (Phi) is 2.78. The number of halogens is 4. The highest BCUT2D eigenvalue weighted by Crippen LogP contribution is 2.34. The molecule has 17 heavy (non-hydrogen) atoms. The lowest BCUT2D eigenvalue weighted by Crippen LogP contribution is -2.05. The standard InChI is InChI=1S/C10H6F4N2S/c11-7-2-1-5(10(12,13)14)3-6(7)9-16-8(15)4-17-9/h1-4H,15H2. The molecule has 1 heterocycles. The normalized spacial score (nSPS) is 11.8. The van der Waals surface area contributed by atoms with Crippen molar-refractivity contribution in [3.63, 3.8) is 0 Å². The van der Waals surface area contributed by atoms with E-state index in [0.29, 0.717) is 6.07 Å². The van der Waals surface area contributed by atoms with E-state index in [1.807, 2.05) is 0 Å². The van der Waals surface area contributed by atoms with E-state index in [1.165, 1.54) is 5.38 Å². The molecule has 0 radical (unpaired) electrons. The molecule has 0 saturated heterocycles. The molecule has 2 nitrogen and oxygen atoms in total.